The third-order valence-electron chi connectivity index (χ3n) is 4.53. The van der Waals surface area contributed by atoms with Gasteiger partial charge in [0.25, 0.3) is 0 Å². The van der Waals surface area contributed by atoms with E-state index in [0.717, 1.165) is 51.6 Å². The summed E-state index contributed by atoms with van der Waals surface area (Å²) in [6, 6.07) is 0.178. The molecular weight excluding hydrogens is 272 g/mol. The van der Waals surface area contributed by atoms with Crippen LogP contribution in [0.5, 0.6) is 0 Å². The molecule has 0 bridgehead atoms. The van der Waals surface area contributed by atoms with E-state index in [9.17, 15) is 9.00 Å². The molecule has 0 spiro atoms. The fourth-order valence-corrected chi connectivity index (χ4v) is 4.74. The first kappa shape index (κ1) is 15.8. The second-order valence-electron chi connectivity index (χ2n) is 5.95. The molecule has 2 rings (SSSR count). The number of urea groups is 1. The van der Waals surface area contributed by atoms with Gasteiger partial charge >= 0.3 is 6.03 Å². The molecule has 5 heteroatoms. The zero-order chi connectivity index (χ0) is 14.4. The van der Waals surface area contributed by atoms with Gasteiger partial charge in [0.1, 0.15) is 0 Å². The summed E-state index contributed by atoms with van der Waals surface area (Å²) in [4.78, 5) is 14.3. The van der Waals surface area contributed by atoms with Crippen molar-refractivity contribution in [1.82, 2.24) is 10.2 Å². The minimum Gasteiger partial charge on any atom is -0.334 e. The maximum Gasteiger partial charge on any atom is 0.317 e. The van der Waals surface area contributed by atoms with Crippen molar-refractivity contribution in [2.24, 2.45) is 0 Å². The molecule has 0 aromatic heterocycles. The Kier molecular flexibility index (Phi) is 6.33. The van der Waals surface area contributed by atoms with Crippen molar-refractivity contribution >= 4 is 16.8 Å². The van der Waals surface area contributed by atoms with E-state index < -0.39 is 10.8 Å². The molecule has 1 N–H and O–H groups in total. The van der Waals surface area contributed by atoms with Crippen LogP contribution in [-0.2, 0) is 10.8 Å². The lowest BCUT2D eigenvalue weighted by Gasteiger charge is -2.33. The van der Waals surface area contributed by atoms with Crippen molar-refractivity contribution in [3.8, 4) is 0 Å². The van der Waals surface area contributed by atoms with Crippen LogP contribution >= 0.6 is 0 Å². The van der Waals surface area contributed by atoms with Crippen LogP contribution < -0.4 is 5.32 Å². The number of carbonyl (C=O) groups is 1. The number of hydrogen-bond donors (Lipinski definition) is 1. The summed E-state index contributed by atoms with van der Waals surface area (Å²) in [6.45, 7) is 3.72. The number of likely N-dealkylation sites (tertiary alicyclic amines) is 1. The van der Waals surface area contributed by atoms with Crippen molar-refractivity contribution in [3.63, 3.8) is 0 Å². The second-order valence-corrected chi connectivity index (χ2v) is 7.89. The highest BCUT2D eigenvalue weighted by atomic mass is 32.2. The molecule has 0 unspecified atom stereocenters. The van der Waals surface area contributed by atoms with Gasteiger partial charge in [0.15, 0.2) is 0 Å². The monoisotopic (exact) mass is 300 g/mol. The fourth-order valence-electron chi connectivity index (χ4n) is 3.31. The van der Waals surface area contributed by atoms with Crippen LogP contribution in [0, 0.1) is 0 Å². The van der Waals surface area contributed by atoms with E-state index >= 15 is 0 Å². The third kappa shape index (κ3) is 4.21. The van der Waals surface area contributed by atoms with Crippen molar-refractivity contribution < 1.29 is 9.00 Å². The topological polar surface area (TPSA) is 49.4 Å². The van der Waals surface area contributed by atoms with Gasteiger partial charge in [0.2, 0.25) is 0 Å². The summed E-state index contributed by atoms with van der Waals surface area (Å²) < 4.78 is 12.1. The maximum absolute atomic E-state index is 12.4. The van der Waals surface area contributed by atoms with E-state index in [1.54, 1.807) is 0 Å². The number of amides is 2. The molecule has 3 atom stereocenters. The first-order valence-corrected chi connectivity index (χ1v) is 9.53. The second kappa shape index (κ2) is 8.01. The highest BCUT2D eigenvalue weighted by Gasteiger charge is 2.31. The minimum absolute atomic E-state index is 0.0666. The third-order valence-corrected chi connectivity index (χ3v) is 6.34. The average Bonchev–Trinajstić information content (AvgIpc) is 2.76. The largest absolute Gasteiger partial charge is 0.334 e. The first-order valence-electron chi connectivity index (χ1n) is 8.15. The lowest BCUT2D eigenvalue weighted by molar-refractivity contribution is 0.192. The highest BCUT2D eigenvalue weighted by Crippen LogP contribution is 2.23. The Morgan fingerprint density at radius 3 is 2.40 bits per heavy atom. The first-order chi connectivity index (χ1) is 9.72. The maximum atomic E-state index is 12.4. The van der Waals surface area contributed by atoms with Gasteiger partial charge < -0.3 is 10.2 Å². The van der Waals surface area contributed by atoms with Gasteiger partial charge in [-0.2, -0.15) is 0 Å². The fraction of sp³-hybridized carbons (Fsp3) is 0.933. The zero-order valence-corrected chi connectivity index (χ0v) is 13.4. The zero-order valence-electron chi connectivity index (χ0n) is 12.6. The Morgan fingerprint density at radius 2 is 1.75 bits per heavy atom. The molecule has 4 nitrogen and oxygen atoms in total. The molecule has 1 aliphatic carbocycles. The average molecular weight is 300 g/mol. The highest BCUT2D eigenvalue weighted by molar-refractivity contribution is 7.85. The lowest BCUT2D eigenvalue weighted by atomic mass is 9.95. The minimum atomic E-state index is -0.802. The summed E-state index contributed by atoms with van der Waals surface area (Å²) >= 11 is 0. The van der Waals surface area contributed by atoms with E-state index in [0.29, 0.717) is 5.75 Å². The Labute approximate surface area is 125 Å². The molecular formula is C15H28N2O2S. The van der Waals surface area contributed by atoms with Gasteiger partial charge in [0, 0.05) is 35.7 Å². The molecule has 1 saturated heterocycles. The van der Waals surface area contributed by atoms with Gasteiger partial charge in [-0.05, 0) is 25.7 Å². The van der Waals surface area contributed by atoms with E-state index in [1.807, 2.05) is 11.8 Å². The molecule has 1 heterocycles. The smallest absolute Gasteiger partial charge is 0.317 e. The molecule has 0 aromatic rings. The van der Waals surface area contributed by atoms with E-state index in [-0.39, 0.29) is 17.3 Å². The lowest BCUT2D eigenvalue weighted by Crippen LogP contribution is -2.51. The summed E-state index contributed by atoms with van der Waals surface area (Å²) in [5.74, 6) is 0.695. The molecule has 20 heavy (non-hydrogen) atoms. The van der Waals surface area contributed by atoms with Crippen molar-refractivity contribution in [2.45, 2.75) is 69.6 Å². The van der Waals surface area contributed by atoms with E-state index in [1.165, 1.54) is 12.8 Å². The SMILES string of the molecule is CC[S@](=O)[C@H]1CCCC[C@H]1NC(=O)N1CCCCCC1. The standard InChI is InChI=1S/C15H28N2O2S/c1-2-20(19)14-10-6-5-9-13(14)16-15(18)17-11-7-3-4-8-12-17/h13-14H,2-12H2,1H3,(H,16,18)/t13-,14+,20+/m1/s1. The molecule has 0 radical (unpaired) electrons. The Morgan fingerprint density at radius 1 is 1.10 bits per heavy atom. The van der Waals surface area contributed by atoms with Crippen LogP contribution in [0.3, 0.4) is 0 Å². The van der Waals surface area contributed by atoms with E-state index in [2.05, 4.69) is 5.32 Å². The van der Waals surface area contributed by atoms with Crippen molar-refractivity contribution in [3.05, 3.63) is 0 Å². The summed E-state index contributed by atoms with van der Waals surface area (Å²) in [7, 11) is -0.802. The number of nitrogens with one attached hydrogen (secondary N) is 1. The van der Waals surface area contributed by atoms with Crippen LogP contribution in [-0.4, -0.2) is 45.3 Å². The molecule has 1 saturated carbocycles. The summed E-state index contributed by atoms with van der Waals surface area (Å²) in [5.41, 5.74) is 0. The molecule has 2 amide bonds. The predicted octanol–water partition coefficient (Wildman–Crippen LogP) is 2.65. The number of nitrogens with zero attached hydrogens (tertiary/aromatic N) is 1. The van der Waals surface area contributed by atoms with Gasteiger partial charge in [-0.25, -0.2) is 4.79 Å². The van der Waals surface area contributed by atoms with Crippen molar-refractivity contribution in [2.75, 3.05) is 18.8 Å². The van der Waals surface area contributed by atoms with Gasteiger partial charge in [-0.3, -0.25) is 4.21 Å². The van der Waals surface area contributed by atoms with Gasteiger partial charge in [-0.15, -0.1) is 0 Å². The van der Waals surface area contributed by atoms with Crippen molar-refractivity contribution in [1.29, 1.82) is 0 Å². The predicted molar refractivity (Wildman–Crippen MR) is 83.3 cm³/mol. The van der Waals surface area contributed by atoms with Crippen LogP contribution in [0.4, 0.5) is 4.79 Å². The van der Waals surface area contributed by atoms with Gasteiger partial charge in [-0.1, -0.05) is 32.6 Å². The molecule has 0 aromatic carbocycles. The van der Waals surface area contributed by atoms with Crippen LogP contribution in [0.25, 0.3) is 0 Å². The number of carbonyl (C=O) groups excluding carboxylic acids is 1. The van der Waals surface area contributed by atoms with Crippen LogP contribution in [0.1, 0.15) is 58.3 Å². The van der Waals surface area contributed by atoms with Gasteiger partial charge in [0.05, 0.1) is 5.25 Å². The Balaban J connectivity index is 1.91. The normalized spacial score (nSPS) is 29.6. The molecule has 2 fully saturated rings. The quantitative estimate of drug-likeness (QED) is 0.871. The molecule has 2 aliphatic rings. The Hall–Kier alpha value is -0.580. The van der Waals surface area contributed by atoms with E-state index in [4.69, 9.17) is 0 Å². The summed E-state index contributed by atoms with van der Waals surface area (Å²) in [5, 5.41) is 3.33. The summed E-state index contributed by atoms with van der Waals surface area (Å²) in [6.07, 6.45) is 8.95. The molecule has 116 valence electrons. The number of hydrogen-bond acceptors (Lipinski definition) is 2. The number of rotatable bonds is 3. The van der Waals surface area contributed by atoms with Crippen LogP contribution in [0.15, 0.2) is 0 Å². The molecule has 1 aliphatic heterocycles. The Bertz CT molecular complexity index is 341. The van der Waals surface area contributed by atoms with Crippen LogP contribution in [0.2, 0.25) is 0 Å².